The molecule has 0 aliphatic rings. The van der Waals surface area contributed by atoms with Crippen LogP contribution in [0.1, 0.15) is 27.7 Å². The Bertz CT molecular complexity index is 270. The van der Waals surface area contributed by atoms with Gasteiger partial charge < -0.3 is 4.74 Å². The van der Waals surface area contributed by atoms with Gasteiger partial charge in [0.25, 0.3) is 0 Å². The van der Waals surface area contributed by atoms with Gasteiger partial charge in [-0.2, -0.15) is 0 Å². The van der Waals surface area contributed by atoms with Gasteiger partial charge in [-0.05, 0) is 27.7 Å². The van der Waals surface area contributed by atoms with Crippen molar-refractivity contribution in [3.63, 3.8) is 0 Å². The predicted molar refractivity (Wildman–Crippen MR) is 59.0 cm³/mol. The molecule has 0 aromatic rings. The van der Waals surface area contributed by atoms with Crippen molar-refractivity contribution < 1.29 is 9.53 Å². The molecule has 0 aliphatic heterocycles. The lowest BCUT2D eigenvalue weighted by molar-refractivity contribution is -0.137. The summed E-state index contributed by atoms with van der Waals surface area (Å²) in [6.07, 6.45) is 7.22. The fourth-order valence-corrected chi connectivity index (χ4v) is 0.880. The Morgan fingerprint density at radius 2 is 1.86 bits per heavy atom. The molecule has 0 amide bonds. The molecule has 78 valence electrons. The third-order valence-electron chi connectivity index (χ3n) is 1.68. The number of rotatable bonds is 4. The van der Waals surface area contributed by atoms with Crippen molar-refractivity contribution in [2.24, 2.45) is 0 Å². The summed E-state index contributed by atoms with van der Waals surface area (Å²) in [6.45, 7) is 8.15. The van der Waals surface area contributed by atoms with E-state index >= 15 is 0 Å². The minimum Gasteiger partial charge on any atom is -0.463 e. The van der Waals surface area contributed by atoms with Crippen LogP contribution in [-0.2, 0) is 9.53 Å². The Labute approximate surface area is 86.0 Å². The zero-order valence-corrected chi connectivity index (χ0v) is 9.33. The van der Waals surface area contributed by atoms with Gasteiger partial charge in [0.1, 0.15) is 0 Å². The molecule has 0 spiro atoms. The summed E-state index contributed by atoms with van der Waals surface area (Å²) in [5, 5.41) is 0. The molecule has 0 atom stereocenters. The smallest absolute Gasteiger partial charge is 0.330 e. The van der Waals surface area contributed by atoms with E-state index in [0.717, 1.165) is 5.57 Å². The molecule has 2 nitrogen and oxygen atoms in total. The second-order valence-corrected chi connectivity index (χ2v) is 3.01. The van der Waals surface area contributed by atoms with Crippen LogP contribution in [0.2, 0.25) is 0 Å². The quantitative estimate of drug-likeness (QED) is 0.390. The topological polar surface area (TPSA) is 26.3 Å². The molecule has 14 heavy (non-hydrogen) atoms. The lowest BCUT2D eigenvalue weighted by atomic mass is 10.2. The molecule has 2 heteroatoms. The van der Waals surface area contributed by atoms with Crippen molar-refractivity contribution >= 4 is 5.97 Å². The minimum absolute atomic E-state index is 0.293. The maximum absolute atomic E-state index is 11.0. The van der Waals surface area contributed by atoms with Gasteiger partial charge >= 0.3 is 5.97 Å². The van der Waals surface area contributed by atoms with E-state index in [1.807, 2.05) is 32.9 Å². The van der Waals surface area contributed by atoms with Gasteiger partial charge in [0.2, 0.25) is 0 Å². The van der Waals surface area contributed by atoms with Gasteiger partial charge in [0.05, 0.1) is 6.61 Å². The monoisotopic (exact) mass is 194 g/mol. The molecule has 0 N–H and O–H groups in total. The summed E-state index contributed by atoms with van der Waals surface area (Å²) in [7, 11) is 0. The number of hydrogen-bond donors (Lipinski definition) is 0. The average molecular weight is 194 g/mol. The molecule has 0 fully saturated rings. The molecular formula is C12H18O2. The van der Waals surface area contributed by atoms with E-state index in [1.54, 1.807) is 13.0 Å². The van der Waals surface area contributed by atoms with E-state index in [4.69, 9.17) is 4.74 Å². The van der Waals surface area contributed by atoms with E-state index < -0.39 is 0 Å². The highest BCUT2D eigenvalue weighted by atomic mass is 16.5. The third kappa shape index (κ3) is 6.23. The predicted octanol–water partition coefficient (Wildman–Crippen LogP) is 3.02. The number of allylic oxidation sites excluding steroid dienone is 5. The lowest BCUT2D eigenvalue weighted by Gasteiger charge is -1.95. The van der Waals surface area contributed by atoms with Crippen molar-refractivity contribution in [1.29, 1.82) is 0 Å². The number of carbonyl (C=O) groups is 1. The van der Waals surface area contributed by atoms with Gasteiger partial charge in [-0.15, -0.1) is 0 Å². The van der Waals surface area contributed by atoms with Gasteiger partial charge in [-0.25, -0.2) is 4.79 Å². The fraction of sp³-hybridized carbons (Fsp3) is 0.417. The first kappa shape index (κ1) is 12.7. The standard InChI is InChI=1S/C12H18O2/c1-5-10(3)9-11(4)7-8-12(13)14-6-2/h5,7-9H,6H2,1-4H3. The van der Waals surface area contributed by atoms with Crippen molar-refractivity contribution in [2.45, 2.75) is 27.7 Å². The first-order valence-corrected chi connectivity index (χ1v) is 4.76. The maximum Gasteiger partial charge on any atom is 0.330 e. The Morgan fingerprint density at radius 3 is 2.36 bits per heavy atom. The SMILES string of the molecule is CC=C(C)C=C(C)C=CC(=O)OCC. The minimum atomic E-state index is -0.293. The highest BCUT2D eigenvalue weighted by Crippen LogP contribution is 2.02. The Morgan fingerprint density at radius 1 is 1.21 bits per heavy atom. The Hall–Kier alpha value is -1.31. The summed E-state index contributed by atoms with van der Waals surface area (Å²) in [5.74, 6) is -0.293. The van der Waals surface area contributed by atoms with Crippen molar-refractivity contribution in [3.8, 4) is 0 Å². The number of hydrogen-bond acceptors (Lipinski definition) is 2. The first-order chi connectivity index (χ1) is 6.60. The van der Waals surface area contributed by atoms with E-state index in [2.05, 4.69) is 0 Å². The van der Waals surface area contributed by atoms with Crippen LogP contribution in [0.5, 0.6) is 0 Å². The lowest BCUT2D eigenvalue weighted by Crippen LogP contribution is -1.98. The first-order valence-electron chi connectivity index (χ1n) is 4.76. The van der Waals surface area contributed by atoms with Crippen molar-refractivity contribution in [3.05, 3.63) is 35.5 Å². The second kappa shape index (κ2) is 7.13. The van der Waals surface area contributed by atoms with Crippen LogP contribution >= 0.6 is 0 Å². The fourth-order valence-electron chi connectivity index (χ4n) is 0.880. The van der Waals surface area contributed by atoms with E-state index in [0.29, 0.717) is 6.61 Å². The van der Waals surface area contributed by atoms with E-state index in [9.17, 15) is 4.79 Å². The van der Waals surface area contributed by atoms with Crippen molar-refractivity contribution in [1.82, 2.24) is 0 Å². The molecule has 0 saturated heterocycles. The van der Waals surface area contributed by atoms with E-state index in [1.165, 1.54) is 11.6 Å². The van der Waals surface area contributed by atoms with Gasteiger partial charge in [0, 0.05) is 6.08 Å². The Kier molecular flexibility index (Phi) is 6.46. The second-order valence-electron chi connectivity index (χ2n) is 3.01. The number of ether oxygens (including phenoxy) is 1. The molecule has 0 saturated carbocycles. The van der Waals surface area contributed by atoms with Crippen LogP contribution in [0.15, 0.2) is 35.5 Å². The molecule has 0 aromatic heterocycles. The summed E-state index contributed by atoms with van der Waals surface area (Å²) in [5.41, 5.74) is 2.21. The highest BCUT2D eigenvalue weighted by molar-refractivity contribution is 5.82. The van der Waals surface area contributed by atoms with Crippen molar-refractivity contribution in [2.75, 3.05) is 6.61 Å². The molecule has 0 aliphatic carbocycles. The van der Waals surface area contributed by atoms with Gasteiger partial charge in [-0.3, -0.25) is 0 Å². The molecule has 0 rings (SSSR count). The number of carbonyl (C=O) groups excluding carboxylic acids is 1. The highest BCUT2D eigenvalue weighted by Gasteiger charge is 1.92. The summed E-state index contributed by atoms with van der Waals surface area (Å²) < 4.78 is 4.76. The largest absolute Gasteiger partial charge is 0.463 e. The zero-order chi connectivity index (χ0) is 11.0. The van der Waals surface area contributed by atoms with Crippen LogP contribution < -0.4 is 0 Å². The average Bonchev–Trinajstić information content (AvgIpc) is 2.15. The molecule has 0 heterocycles. The van der Waals surface area contributed by atoms with Crippen LogP contribution in [0.4, 0.5) is 0 Å². The third-order valence-corrected chi connectivity index (χ3v) is 1.68. The van der Waals surface area contributed by atoms with Crippen LogP contribution in [0.25, 0.3) is 0 Å². The molecular weight excluding hydrogens is 176 g/mol. The number of esters is 1. The van der Waals surface area contributed by atoms with Crippen LogP contribution in [0, 0.1) is 0 Å². The summed E-state index contributed by atoms with van der Waals surface area (Å²) in [4.78, 5) is 11.0. The molecule has 0 aromatic carbocycles. The van der Waals surface area contributed by atoms with E-state index in [-0.39, 0.29) is 5.97 Å². The zero-order valence-electron chi connectivity index (χ0n) is 9.33. The summed E-state index contributed by atoms with van der Waals surface area (Å²) >= 11 is 0. The molecule has 0 unspecified atom stereocenters. The summed E-state index contributed by atoms with van der Waals surface area (Å²) in [6, 6.07) is 0. The Balaban J connectivity index is 4.24. The van der Waals surface area contributed by atoms with Gasteiger partial charge in [0.15, 0.2) is 0 Å². The van der Waals surface area contributed by atoms with Gasteiger partial charge in [-0.1, -0.05) is 29.4 Å². The normalized spacial score (nSPS) is 13.4. The molecule has 0 radical (unpaired) electrons. The van der Waals surface area contributed by atoms with Crippen LogP contribution in [0.3, 0.4) is 0 Å². The van der Waals surface area contributed by atoms with Crippen LogP contribution in [-0.4, -0.2) is 12.6 Å². The maximum atomic E-state index is 11.0. The molecule has 0 bridgehead atoms.